The second-order valence-corrected chi connectivity index (χ2v) is 6.62. The van der Waals surface area contributed by atoms with Gasteiger partial charge in [-0.1, -0.05) is 23.7 Å². The summed E-state index contributed by atoms with van der Waals surface area (Å²) in [7, 11) is 0. The molecule has 27 heavy (non-hydrogen) atoms. The molecule has 134 valence electrons. The van der Waals surface area contributed by atoms with Crippen molar-refractivity contribution in [2.75, 3.05) is 5.32 Å². The molecule has 0 bridgehead atoms. The topological polar surface area (TPSA) is 103 Å². The number of hydrogen-bond donors (Lipinski definition) is 2. The van der Waals surface area contributed by atoms with Crippen molar-refractivity contribution >= 4 is 46.6 Å². The quantitative estimate of drug-likeness (QED) is 0.469. The minimum absolute atomic E-state index is 0.0500. The van der Waals surface area contributed by atoms with Crippen LogP contribution in [0.1, 0.15) is 16.1 Å². The number of carbonyl (C=O) groups is 2. The van der Waals surface area contributed by atoms with Crippen molar-refractivity contribution in [1.29, 1.82) is 5.26 Å². The predicted octanol–water partition coefficient (Wildman–Crippen LogP) is 4.91. The van der Waals surface area contributed by atoms with Gasteiger partial charge >= 0.3 is 5.97 Å². The average Bonchev–Trinajstić information content (AvgIpc) is 3.30. The van der Waals surface area contributed by atoms with Crippen LogP contribution >= 0.6 is 22.9 Å². The van der Waals surface area contributed by atoms with Gasteiger partial charge in [0, 0.05) is 16.5 Å². The van der Waals surface area contributed by atoms with Crippen LogP contribution in [0, 0.1) is 11.3 Å². The lowest BCUT2D eigenvalue weighted by molar-refractivity contribution is -0.112. The summed E-state index contributed by atoms with van der Waals surface area (Å²) in [6.07, 6.45) is 2.70. The highest BCUT2D eigenvalue weighted by Crippen LogP contribution is 2.36. The first-order valence-corrected chi connectivity index (χ1v) is 8.82. The maximum atomic E-state index is 12.4. The molecule has 8 heteroatoms. The molecular formula is C19H11ClN2O4S. The van der Waals surface area contributed by atoms with Gasteiger partial charge in [-0.25, -0.2) is 4.79 Å². The molecule has 2 N–H and O–H groups in total. The summed E-state index contributed by atoms with van der Waals surface area (Å²) in [4.78, 5) is 24.6. The van der Waals surface area contributed by atoms with Crippen LogP contribution in [0.15, 0.2) is 58.0 Å². The fraction of sp³-hybridized carbons (Fsp3) is 0. The number of thiophene rings is 1. The van der Waals surface area contributed by atoms with E-state index in [1.165, 1.54) is 29.1 Å². The number of nitrogens with zero attached hydrogens (tertiary/aromatic N) is 1. The van der Waals surface area contributed by atoms with Crippen molar-refractivity contribution < 1.29 is 19.1 Å². The van der Waals surface area contributed by atoms with Gasteiger partial charge in [0.2, 0.25) is 0 Å². The van der Waals surface area contributed by atoms with Gasteiger partial charge in [0.1, 0.15) is 23.0 Å². The Bertz CT molecular complexity index is 1060. The molecule has 1 amide bonds. The number of hydrogen-bond acceptors (Lipinski definition) is 5. The van der Waals surface area contributed by atoms with Crippen molar-refractivity contribution in [3.8, 4) is 16.5 Å². The number of nitriles is 1. The smallest absolute Gasteiger partial charge is 0.339 e. The Balaban J connectivity index is 1.93. The van der Waals surface area contributed by atoms with Gasteiger partial charge in [0.05, 0.1) is 16.8 Å². The highest BCUT2D eigenvalue weighted by atomic mass is 35.5. The van der Waals surface area contributed by atoms with Crippen LogP contribution in [0.4, 0.5) is 5.69 Å². The molecule has 0 aliphatic carbocycles. The molecule has 1 aromatic carbocycles. The van der Waals surface area contributed by atoms with Gasteiger partial charge in [-0.3, -0.25) is 4.79 Å². The van der Waals surface area contributed by atoms with Crippen molar-refractivity contribution in [2.45, 2.75) is 0 Å². The summed E-state index contributed by atoms with van der Waals surface area (Å²) >= 11 is 7.04. The number of carbonyl (C=O) groups excluding carboxylic acids is 1. The standard InChI is InChI=1S/C19H11ClN2O4S/c20-13-5-3-11(4-6-13)17-16(19(24)25)15(10-27-17)22-18(23)12(9-21)8-14-2-1-7-26-14/h1-8,10H,(H,22,23)(H,24,25). The number of halogens is 1. The van der Waals surface area contributed by atoms with Crippen LogP contribution in [0.2, 0.25) is 5.02 Å². The number of anilines is 1. The zero-order chi connectivity index (χ0) is 19.4. The first-order chi connectivity index (χ1) is 13.0. The highest BCUT2D eigenvalue weighted by Gasteiger charge is 2.22. The Morgan fingerprint density at radius 2 is 2.00 bits per heavy atom. The summed E-state index contributed by atoms with van der Waals surface area (Å²) in [5.74, 6) is -1.57. The lowest BCUT2D eigenvalue weighted by atomic mass is 10.1. The van der Waals surface area contributed by atoms with Crippen LogP contribution < -0.4 is 5.32 Å². The van der Waals surface area contributed by atoms with E-state index >= 15 is 0 Å². The van der Waals surface area contributed by atoms with Crippen molar-refractivity contribution in [1.82, 2.24) is 0 Å². The molecule has 6 nitrogen and oxygen atoms in total. The van der Waals surface area contributed by atoms with E-state index in [0.717, 1.165) is 0 Å². The maximum Gasteiger partial charge on any atom is 0.339 e. The van der Waals surface area contributed by atoms with Crippen LogP contribution in [0.5, 0.6) is 0 Å². The maximum absolute atomic E-state index is 12.4. The van der Waals surface area contributed by atoms with Gasteiger partial charge < -0.3 is 14.8 Å². The summed E-state index contributed by atoms with van der Waals surface area (Å²) in [6.45, 7) is 0. The molecule has 0 saturated heterocycles. The third-order valence-electron chi connectivity index (χ3n) is 3.55. The fourth-order valence-electron chi connectivity index (χ4n) is 2.33. The van der Waals surface area contributed by atoms with E-state index in [4.69, 9.17) is 16.0 Å². The van der Waals surface area contributed by atoms with Crippen molar-refractivity contribution in [3.05, 3.63) is 70.0 Å². The zero-order valence-corrected chi connectivity index (χ0v) is 15.2. The number of carboxylic acid groups (broad SMARTS) is 1. The normalized spacial score (nSPS) is 11.0. The first kappa shape index (κ1) is 18.5. The minimum atomic E-state index is -1.19. The average molecular weight is 399 g/mol. The zero-order valence-electron chi connectivity index (χ0n) is 13.6. The lowest BCUT2D eigenvalue weighted by Gasteiger charge is -2.05. The minimum Gasteiger partial charge on any atom is -0.478 e. The van der Waals surface area contributed by atoms with E-state index < -0.39 is 11.9 Å². The molecule has 0 spiro atoms. The first-order valence-electron chi connectivity index (χ1n) is 7.57. The molecule has 3 rings (SSSR count). The molecule has 0 atom stereocenters. The second-order valence-electron chi connectivity index (χ2n) is 5.30. The number of furan rings is 1. The van der Waals surface area contributed by atoms with Crippen LogP contribution in [0.3, 0.4) is 0 Å². The number of benzene rings is 1. The van der Waals surface area contributed by atoms with Gasteiger partial charge in [-0.2, -0.15) is 5.26 Å². The Kier molecular flexibility index (Phi) is 5.41. The third kappa shape index (κ3) is 4.08. The number of carboxylic acids is 1. The number of rotatable bonds is 5. The van der Waals surface area contributed by atoms with Crippen LogP contribution in [-0.2, 0) is 4.79 Å². The van der Waals surface area contributed by atoms with E-state index in [-0.39, 0.29) is 16.8 Å². The monoisotopic (exact) mass is 398 g/mol. The number of nitrogens with one attached hydrogen (secondary N) is 1. The Morgan fingerprint density at radius 3 is 2.59 bits per heavy atom. The Hall–Kier alpha value is -3.34. The molecule has 0 saturated carbocycles. The van der Waals surface area contributed by atoms with Gasteiger partial charge in [0.15, 0.2) is 0 Å². The van der Waals surface area contributed by atoms with Crippen molar-refractivity contribution in [3.63, 3.8) is 0 Å². The lowest BCUT2D eigenvalue weighted by Crippen LogP contribution is -2.15. The molecule has 0 unspecified atom stereocenters. The molecule has 0 aliphatic rings. The number of amides is 1. The summed E-state index contributed by atoms with van der Waals surface area (Å²) in [6, 6.07) is 11.7. The van der Waals surface area contributed by atoms with E-state index in [1.807, 2.05) is 0 Å². The third-order valence-corrected chi connectivity index (χ3v) is 4.84. The molecule has 0 fully saturated rings. The predicted molar refractivity (Wildman–Crippen MR) is 103 cm³/mol. The summed E-state index contributed by atoms with van der Waals surface area (Å²) in [5.41, 5.74) is 0.517. The molecular weight excluding hydrogens is 388 g/mol. The van der Waals surface area contributed by atoms with E-state index in [9.17, 15) is 20.0 Å². The second kappa shape index (κ2) is 7.91. The van der Waals surface area contributed by atoms with Crippen LogP contribution in [0.25, 0.3) is 16.5 Å². The van der Waals surface area contributed by atoms with Gasteiger partial charge in [-0.15, -0.1) is 11.3 Å². The summed E-state index contributed by atoms with van der Waals surface area (Å²) in [5, 5.41) is 23.4. The van der Waals surface area contributed by atoms with Crippen LogP contribution in [-0.4, -0.2) is 17.0 Å². The van der Waals surface area contributed by atoms with E-state index in [0.29, 0.717) is 21.2 Å². The number of aromatic carboxylic acids is 1. The highest BCUT2D eigenvalue weighted by molar-refractivity contribution is 7.14. The Labute approximate surface area is 162 Å². The summed E-state index contributed by atoms with van der Waals surface area (Å²) < 4.78 is 5.09. The molecule has 2 aromatic heterocycles. The SMILES string of the molecule is N#CC(=Cc1ccco1)C(=O)Nc1csc(-c2ccc(Cl)cc2)c1C(=O)O. The Morgan fingerprint density at radius 1 is 1.26 bits per heavy atom. The molecule has 0 aliphatic heterocycles. The molecule has 0 radical (unpaired) electrons. The van der Waals surface area contributed by atoms with E-state index in [2.05, 4.69) is 5.32 Å². The molecule has 2 heterocycles. The van der Waals surface area contributed by atoms with Gasteiger partial charge in [0.25, 0.3) is 5.91 Å². The van der Waals surface area contributed by atoms with Gasteiger partial charge in [-0.05, 0) is 29.8 Å². The largest absolute Gasteiger partial charge is 0.478 e. The van der Waals surface area contributed by atoms with E-state index in [1.54, 1.807) is 42.5 Å². The molecule has 3 aromatic rings. The van der Waals surface area contributed by atoms with Crippen molar-refractivity contribution in [2.24, 2.45) is 0 Å². The fourth-order valence-corrected chi connectivity index (χ4v) is 3.46.